The molecule has 1 heterocycles. The largest absolute Gasteiger partial charge is 0.381 e. The molecule has 1 aliphatic heterocycles. The third-order valence-electron chi connectivity index (χ3n) is 9.24. The van der Waals surface area contributed by atoms with Gasteiger partial charge < -0.3 is 10.1 Å². The van der Waals surface area contributed by atoms with Crippen LogP contribution in [0.4, 0.5) is 0 Å². The number of hydrogen-bond acceptors (Lipinski definition) is 4. The van der Waals surface area contributed by atoms with E-state index in [9.17, 15) is 10.1 Å². The molecule has 1 N–H and O–H groups in total. The molecule has 4 aliphatic rings. The summed E-state index contributed by atoms with van der Waals surface area (Å²) in [6.45, 7) is 0.309. The molecule has 6 heteroatoms. The quantitative estimate of drug-likeness (QED) is 0.557. The third kappa shape index (κ3) is 3.67. The first-order valence-electron chi connectivity index (χ1n) is 13.3. The summed E-state index contributed by atoms with van der Waals surface area (Å²) in [6.07, 6.45) is 9.84. The minimum Gasteiger partial charge on any atom is -0.381 e. The van der Waals surface area contributed by atoms with Crippen molar-refractivity contribution in [2.24, 2.45) is 11.3 Å². The molecule has 0 bridgehead atoms. The average molecular weight is 500 g/mol. The van der Waals surface area contributed by atoms with E-state index in [4.69, 9.17) is 17.0 Å². The molecule has 2 saturated carbocycles. The summed E-state index contributed by atoms with van der Waals surface area (Å²) in [7, 11) is 1.79. The normalized spacial score (nSPS) is 29.0. The number of ether oxygens (including phenoxy) is 1. The van der Waals surface area contributed by atoms with Crippen molar-refractivity contribution in [2.45, 2.75) is 76.0 Å². The highest BCUT2D eigenvalue weighted by molar-refractivity contribution is 7.80. The molecule has 1 amide bonds. The number of nitrogens with one attached hydrogen (secondary N) is 1. The Morgan fingerprint density at radius 3 is 2.67 bits per heavy atom. The van der Waals surface area contributed by atoms with Crippen LogP contribution in [0.5, 0.6) is 0 Å². The summed E-state index contributed by atoms with van der Waals surface area (Å²) in [4.78, 5) is 16.3. The highest BCUT2D eigenvalue weighted by Crippen LogP contribution is 2.60. The molecule has 2 aromatic carbocycles. The summed E-state index contributed by atoms with van der Waals surface area (Å²) in [5, 5.41) is 13.7. The molecule has 1 saturated heterocycles. The van der Waals surface area contributed by atoms with E-state index >= 15 is 0 Å². The van der Waals surface area contributed by atoms with Crippen LogP contribution in [-0.2, 0) is 34.5 Å². The van der Waals surface area contributed by atoms with Crippen LogP contribution in [0.25, 0.3) is 0 Å². The maximum Gasteiger partial charge on any atom is 0.260 e. The van der Waals surface area contributed by atoms with Crippen LogP contribution in [0, 0.1) is 22.7 Å². The minimum atomic E-state index is -0.852. The van der Waals surface area contributed by atoms with Crippen LogP contribution in [-0.4, -0.2) is 29.1 Å². The van der Waals surface area contributed by atoms with Gasteiger partial charge in [-0.05, 0) is 91.4 Å². The second kappa shape index (κ2) is 8.97. The highest BCUT2D eigenvalue weighted by atomic mass is 32.1. The molecule has 0 radical (unpaired) electrons. The molecule has 5 nitrogen and oxygen atoms in total. The molecule has 6 rings (SSSR count). The summed E-state index contributed by atoms with van der Waals surface area (Å²) < 4.78 is 5.70. The monoisotopic (exact) mass is 499 g/mol. The van der Waals surface area contributed by atoms with Crippen molar-refractivity contribution in [2.75, 3.05) is 7.11 Å². The number of carbonyl (C=O) groups is 1. The predicted molar refractivity (Wildman–Crippen MR) is 142 cm³/mol. The Hall–Kier alpha value is -2.75. The molecule has 2 aromatic rings. The molecule has 1 unspecified atom stereocenters. The Morgan fingerprint density at radius 1 is 1.17 bits per heavy atom. The van der Waals surface area contributed by atoms with Gasteiger partial charge >= 0.3 is 0 Å². The van der Waals surface area contributed by atoms with Gasteiger partial charge in [0.1, 0.15) is 0 Å². The first kappa shape index (κ1) is 23.6. The molecule has 3 fully saturated rings. The second-order valence-electron chi connectivity index (χ2n) is 11.2. The van der Waals surface area contributed by atoms with Gasteiger partial charge in [-0.3, -0.25) is 9.69 Å². The number of carbonyl (C=O) groups excluding carboxylic acids is 1. The van der Waals surface area contributed by atoms with E-state index in [1.54, 1.807) is 18.1 Å². The van der Waals surface area contributed by atoms with Gasteiger partial charge in [0.2, 0.25) is 0 Å². The smallest absolute Gasteiger partial charge is 0.260 e. The number of nitriles is 1. The summed E-state index contributed by atoms with van der Waals surface area (Å²) >= 11 is 5.85. The topological polar surface area (TPSA) is 65.4 Å². The molecule has 0 aromatic heterocycles. The Morgan fingerprint density at radius 2 is 1.94 bits per heavy atom. The Bertz CT molecular complexity index is 1260. The van der Waals surface area contributed by atoms with Crippen LogP contribution < -0.4 is 5.32 Å². The third-order valence-corrected chi connectivity index (χ3v) is 9.56. The second-order valence-corrected chi connectivity index (χ2v) is 11.6. The Kier molecular flexibility index (Phi) is 5.89. The number of amides is 1. The number of thiocarbonyl (C=S) groups is 1. The molecule has 36 heavy (non-hydrogen) atoms. The van der Waals surface area contributed by atoms with Crippen molar-refractivity contribution in [3.8, 4) is 6.07 Å². The van der Waals surface area contributed by atoms with Gasteiger partial charge in [-0.15, -0.1) is 0 Å². The van der Waals surface area contributed by atoms with Gasteiger partial charge in [-0.25, -0.2) is 0 Å². The average Bonchev–Trinajstić information content (AvgIpc) is 3.66. The fraction of sp³-hybridized carbons (Fsp3) is 0.500. The lowest BCUT2D eigenvalue weighted by Gasteiger charge is -2.46. The summed E-state index contributed by atoms with van der Waals surface area (Å²) in [5.41, 5.74) is 4.02. The summed E-state index contributed by atoms with van der Waals surface area (Å²) in [6, 6.07) is 16.6. The van der Waals surface area contributed by atoms with E-state index in [1.165, 1.54) is 30.4 Å². The Balaban J connectivity index is 1.40. The van der Waals surface area contributed by atoms with E-state index < -0.39 is 5.54 Å². The highest BCUT2D eigenvalue weighted by Gasteiger charge is 2.67. The number of aryl methyl sites for hydroxylation is 1. The lowest BCUT2D eigenvalue weighted by atomic mass is 9.61. The zero-order valence-corrected chi connectivity index (χ0v) is 21.7. The SMILES string of the molecule is COC1CCC2(CC1)Cc1ccc(CCC3CC3)cc1C21NC(=S)N(Cc2ccccc2C#N)C1=O. The first-order valence-corrected chi connectivity index (χ1v) is 13.7. The molecule has 186 valence electrons. The van der Waals surface area contributed by atoms with Crippen LogP contribution in [0.2, 0.25) is 0 Å². The molecule has 1 atom stereocenters. The number of benzene rings is 2. The van der Waals surface area contributed by atoms with Crippen LogP contribution in [0.1, 0.15) is 72.8 Å². The minimum absolute atomic E-state index is 0.0363. The van der Waals surface area contributed by atoms with Gasteiger partial charge in [0.25, 0.3) is 5.91 Å². The standard InChI is InChI=1S/C30H33N3O2S/c1-35-25-12-14-29(15-13-25)17-22-11-10-21(9-8-20-6-7-20)16-26(22)30(29)27(34)33(28(36)32-30)19-24-5-3-2-4-23(24)18-31/h2-5,10-11,16,20,25H,6-9,12-15,17,19H2,1H3,(H,32,36). The van der Waals surface area contributed by atoms with E-state index in [0.717, 1.165) is 55.6 Å². The first-order chi connectivity index (χ1) is 17.5. The van der Waals surface area contributed by atoms with E-state index in [1.807, 2.05) is 18.2 Å². The van der Waals surface area contributed by atoms with E-state index in [-0.39, 0.29) is 17.4 Å². The number of nitrogens with zero attached hydrogens (tertiary/aromatic N) is 2. The maximum atomic E-state index is 14.6. The summed E-state index contributed by atoms with van der Waals surface area (Å²) in [5.74, 6) is 0.909. The number of hydrogen-bond donors (Lipinski definition) is 1. The van der Waals surface area contributed by atoms with Gasteiger partial charge in [0, 0.05) is 12.5 Å². The van der Waals surface area contributed by atoms with Crippen LogP contribution in [0.15, 0.2) is 42.5 Å². The van der Waals surface area contributed by atoms with Crippen LogP contribution in [0.3, 0.4) is 0 Å². The van der Waals surface area contributed by atoms with Crippen molar-refractivity contribution in [1.82, 2.24) is 10.2 Å². The van der Waals surface area contributed by atoms with Gasteiger partial charge in [0.15, 0.2) is 10.7 Å². The van der Waals surface area contributed by atoms with Crippen molar-refractivity contribution < 1.29 is 9.53 Å². The lowest BCUT2D eigenvalue weighted by Crippen LogP contribution is -2.56. The van der Waals surface area contributed by atoms with Gasteiger partial charge in [-0.1, -0.05) is 49.2 Å². The zero-order valence-electron chi connectivity index (χ0n) is 20.9. The Labute approximate surface area is 218 Å². The van der Waals surface area contributed by atoms with Crippen LogP contribution >= 0.6 is 12.2 Å². The number of rotatable bonds is 6. The van der Waals surface area contributed by atoms with E-state index in [0.29, 0.717) is 17.2 Å². The molecule has 3 aliphatic carbocycles. The molecular weight excluding hydrogens is 466 g/mol. The lowest BCUT2D eigenvalue weighted by molar-refractivity contribution is -0.138. The maximum absolute atomic E-state index is 14.6. The van der Waals surface area contributed by atoms with Gasteiger partial charge in [0.05, 0.1) is 24.3 Å². The van der Waals surface area contributed by atoms with Crippen molar-refractivity contribution in [1.29, 1.82) is 5.26 Å². The zero-order chi connectivity index (χ0) is 24.9. The number of fused-ring (bicyclic) bond motifs is 3. The fourth-order valence-corrected chi connectivity index (χ4v) is 7.27. The van der Waals surface area contributed by atoms with Crippen molar-refractivity contribution in [3.05, 3.63) is 70.3 Å². The van der Waals surface area contributed by atoms with Crippen molar-refractivity contribution in [3.63, 3.8) is 0 Å². The van der Waals surface area contributed by atoms with Gasteiger partial charge in [-0.2, -0.15) is 5.26 Å². The number of methoxy groups -OCH3 is 1. The molecular formula is C30H33N3O2S. The predicted octanol–water partition coefficient (Wildman–Crippen LogP) is 5.14. The molecule has 2 spiro atoms. The van der Waals surface area contributed by atoms with E-state index in [2.05, 4.69) is 29.6 Å². The fourth-order valence-electron chi connectivity index (χ4n) is 6.97. The van der Waals surface area contributed by atoms with Crippen molar-refractivity contribution >= 4 is 23.2 Å².